The van der Waals surface area contributed by atoms with Gasteiger partial charge >= 0.3 is 6.18 Å². The molecule has 0 unspecified atom stereocenters. The number of hydrogen-bond acceptors (Lipinski definition) is 2. The number of aromatic nitrogens is 2. The van der Waals surface area contributed by atoms with Gasteiger partial charge in [-0.1, -0.05) is 18.2 Å². The molecule has 1 aliphatic rings. The Kier molecular flexibility index (Phi) is 4.20. The second-order valence-electron chi connectivity index (χ2n) is 5.74. The molecular formula is C16H18F3N3. The number of benzene rings is 1. The van der Waals surface area contributed by atoms with Crippen molar-refractivity contribution in [3.05, 3.63) is 53.3 Å². The molecule has 0 bridgehead atoms. The molecule has 0 aliphatic carbocycles. The number of piperidine rings is 1. The van der Waals surface area contributed by atoms with Crippen molar-refractivity contribution in [1.29, 1.82) is 0 Å². The van der Waals surface area contributed by atoms with Crippen LogP contribution in [-0.2, 0) is 12.7 Å². The zero-order chi connectivity index (χ0) is 15.6. The number of rotatable bonds is 3. The first-order valence-electron chi connectivity index (χ1n) is 7.41. The Morgan fingerprint density at radius 3 is 2.77 bits per heavy atom. The molecular weight excluding hydrogens is 291 g/mol. The van der Waals surface area contributed by atoms with E-state index in [9.17, 15) is 13.2 Å². The maximum absolute atomic E-state index is 13.1. The average molecular weight is 309 g/mol. The van der Waals surface area contributed by atoms with Gasteiger partial charge in [-0.15, -0.1) is 0 Å². The van der Waals surface area contributed by atoms with Gasteiger partial charge in [-0.3, -0.25) is 10.00 Å². The van der Waals surface area contributed by atoms with Crippen molar-refractivity contribution in [2.45, 2.75) is 31.5 Å². The lowest BCUT2D eigenvalue weighted by molar-refractivity contribution is -0.138. The van der Waals surface area contributed by atoms with Crippen LogP contribution in [0.15, 0.2) is 36.5 Å². The predicted octanol–water partition coefficient (Wildman–Crippen LogP) is 3.81. The molecule has 0 saturated carbocycles. The fourth-order valence-corrected chi connectivity index (χ4v) is 3.12. The molecule has 2 aromatic rings. The number of hydrogen-bond donors (Lipinski definition) is 1. The molecule has 1 atom stereocenters. The molecule has 1 fully saturated rings. The van der Waals surface area contributed by atoms with Gasteiger partial charge in [0.05, 0.1) is 5.56 Å². The van der Waals surface area contributed by atoms with Crippen LogP contribution in [0.3, 0.4) is 0 Å². The zero-order valence-electron chi connectivity index (χ0n) is 12.1. The molecule has 118 valence electrons. The van der Waals surface area contributed by atoms with Crippen molar-refractivity contribution in [3.8, 4) is 0 Å². The quantitative estimate of drug-likeness (QED) is 0.935. The minimum absolute atomic E-state index is 0.314. The number of nitrogens with zero attached hydrogens (tertiary/aromatic N) is 2. The Morgan fingerprint density at radius 2 is 2.05 bits per heavy atom. The summed E-state index contributed by atoms with van der Waals surface area (Å²) in [6.07, 6.45) is -0.556. The van der Waals surface area contributed by atoms with Crippen molar-refractivity contribution in [3.63, 3.8) is 0 Å². The van der Waals surface area contributed by atoms with Crippen molar-refractivity contribution in [1.82, 2.24) is 15.1 Å². The van der Waals surface area contributed by atoms with Crippen molar-refractivity contribution < 1.29 is 13.2 Å². The predicted molar refractivity (Wildman–Crippen MR) is 77.3 cm³/mol. The molecule has 0 amide bonds. The minimum atomic E-state index is -4.30. The normalized spacial score (nSPS) is 20.2. The second-order valence-corrected chi connectivity index (χ2v) is 5.74. The van der Waals surface area contributed by atoms with Gasteiger partial charge < -0.3 is 0 Å². The number of halogens is 3. The van der Waals surface area contributed by atoms with Crippen LogP contribution in [0.5, 0.6) is 0 Å². The third-order valence-electron chi connectivity index (χ3n) is 4.18. The molecule has 1 aliphatic heterocycles. The highest BCUT2D eigenvalue weighted by molar-refractivity contribution is 5.29. The van der Waals surface area contributed by atoms with E-state index < -0.39 is 11.7 Å². The van der Waals surface area contributed by atoms with Gasteiger partial charge in [0.25, 0.3) is 0 Å². The van der Waals surface area contributed by atoms with E-state index in [-0.39, 0.29) is 0 Å². The lowest BCUT2D eigenvalue weighted by Gasteiger charge is -2.32. The average Bonchev–Trinajstić information content (AvgIpc) is 3.01. The molecule has 22 heavy (non-hydrogen) atoms. The maximum Gasteiger partial charge on any atom is 0.416 e. The van der Waals surface area contributed by atoms with Crippen LogP contribution in [0.4, 0.5) is 13.2 Å². The molecule has 3 rings (SSSR count). The smallest absolute Gasteiger partial charge is 0.298 e. The van der Waals surface area contributed by atoms with Gasteiger partial charge in [-0.05, 0) is 37.1 Å². The monoisotopic (exact) mass is 309 g/mol. The summed E-state index contributed by atoms with van der Waals surface area (Å²) in [6, 6.07) is 7.78. The second kappa shape index (κ2) is 6.12. The Balaban J connectivity index is 1.74. The van der Waals surface area contributed by atoms with E-state index in [1.807, 2.05) is 6.07 Å². The van der Waals surface area contributed by atoms with Crippen LogP contribution in [0.2, 0.25) is 0 Å². The minimum Gasteiger partial charge on any atom is -0.298 e. The summed E-state index contributed by atoms with van der Waals surface area (Å²) in [4.78, 5) is 2.10. The summed E-state index contributed by atoms with van der Waals surface area (Å²) in [5.41, 5.74) is 0.882. The molecule has 1 saturated heterocycles. The van der Waals surface area contributed by atoms with E-state index in [2.05, 4.69) is 15.1 Å². The summed E-state index contributed by atoms with van der Waals surface area (Å²) < 4.78 is 39.2. The Hall–Kier alpha value is -1.82. The zero-order valence-corrected chi connectivity index (χ0v) is 12.1. The van der Waals surface area contributed by atoms with Crippen LogP contribution < -0.4 is 0 Å². The molecule has 3 nitrogen and oxygen atoms in total. The first-order valence-corrected chi connectivity index (χ1v) is 7.41. The van der Waals surface area contributed by atoms with Crippen LogP contribution in [-0.4, -0.2) is 28.2 Å². The number of nitrogens with one attached hydrogen (secondary N) is 1. The summed E-state index contributed by atoms with van der Waals surface area (Å²) >= 11 is 0. The highest BCUT2D eigenvalue weighted by Crippen LogP contribution is 2.33. The Bertz CT molecular complexity index is 607. The topological polar surface area (TPSA) is 31.9 Å². The van der Waals surface area contributed by atoms with Crippen molar-refractivity contribution in [2.75, 3.05) is 13.1 Å². The molecule has 2 heterocycles. The highest BCUT2D eigenvalue weighted by Gasteiger charge is 2.33. The molecule has 6 heteroatoms. The molecule has 0 spiro atoms. The fourth-order valence-electron chi connectivity index (χ4n) is 3.12. The molecule has 1 N–H and O–H groups in total. The van der Waals surface area contributed by atoms with Gasteiger partial charge in [-0.2, -0.15) is 18.3 Å². The maximum atomic E-state index is 13.1. The van der Waals surface area contributed by atoms with Gasteiger partial charge in [0, 0.05) is 30.9 Å². The summed E-state index contributed by atoms with van der Waals surface area (Å²) in [5, 5.41) is 6.93. The van der Waals surface area contributed by atoms with Crippen LogP contribution in [0.25, 0.3) is 0 Å². The van der Waals surface area contributed by atoms with E-state index in [4.69, 9.17) is 0 Å². The SMILES string of the molecule is FC(F)(F)c1ccccc1CN1CCC[C@H](c2ccn[nH]2)C1. The summed E-state index contributed by atoms with van der Waals surface area (Å²) in [5.74, 6) is 0.314. The lowest BCUT2D eigenvalue weighted by Crippen LogP contribution is -2.34. The first kappa shape index (κ1) is 15.1. The van der Waals surface area contributed by atoms with Crippen LogP contribution >= 0.6 is 0 Å². The van der Waals surface area contributed by atoms with E-state index in [1.54, 1.807) is 18.3 Å². The molecule has 0 radical (unpaired) electrons. The van der Waals surface area contributed by atoms with E-state index >= 15 is 0 Å². The van der Waals surface area contributed by atoms with Crippen molar-refractivity contribution >= 4 is 0 Å². The molecule has 1 aromatic carbocycles. The standard InChI is InChI=1S/C16H18F3N3/c17-16(18,19)14-6-2-1-4-12(14)10-22-9-3-5-13(11-22)15-7-8-20-21-15/h1-2,4,6-8,13H,3,5,9-11H2,(H,20,21)/t13-/m0/s1. The number of aromatic amines is 1. The van der Waals surface area contributed by atoms with Gasteiger partial charge in [0.2, 0.25) is 0 Å². The summed E-state index contributed by atoms with van der Waals surface area (Å²) in [7, 11) is 0. The largest absolute Gasteiger partial charge is 0.416 e. The van der Waals surface area contributed by atoms with E-state index in [0.29, 0.717) is 18.0 Å². The number of likely N-dealkylation sites (tertiary alicyclic amines) is 1. The first-order chi connectivity index (χ1) is 10.5. The van der Waals surface area contributed by atoms with Gasteiger partial charge in [0.15, 0.2) is 0 Å². The van der Waals surface area contributed by atoms with Crippen LogP contribution in [0, 0.1) is 0 Å². The van der Waals surface area contributed by atoms with Crippen LogP contribution in [0.1, 0.15) is 35.6 Å². The van der Waals surface area contributed by atoms with Gasteiger partial charge in [-0.25, -0.2) is 0 Å². The number of H-pyrrole nitrogens is 1. The van der Waals surface area contributed by atoms with Crippen molar-refractivity contribution in [2.24, 2.45) is 0 Å². The third-order valence-corrected chi connectivity index (χ3v) is 4.18. The molecule has 1 aromatic heterocycles. The Morgan fingerprint density at radius 1 is 1.23 bits per heavy atom. The third kappa shape index (κ3) is 3.32. The number of alkyl halides is 3. The Labute approximate surface area is 127 Å². The summed E-state index contributed by atoms with van der Waals surface area (Å²) in [6.45, 7) is 1.92. The lowest BCUT2D eigenvalue weighted by atomic mass is 9.94. The fraction of sp³-hybridized carbons (Fsp3) is 0.438. The van der Waals surface area contributed by atoms with E-state index in [1.165, 1.54) is 6.07 Å². The highest BCUT2D eigenvalue weighted by atomic mass is 19.4. The van der Waals surface area contributed by atoms with E-state index in [0.717, 1.165) is 37.7 Å². The van der Waals surface area contributed by atoms with Gasteiger partial charge in [0.1, 0.15) is 0 Å².